The van der Waals surface area contributed by atoms with E-state index in [4.69, 9.17) is 9.16 Å². The summed E-state index contributed by atoms with van der Waals surface area (Å²) in [7, 11) is -2.41. The van der Waals surface area contributed by atoms with Crippen LogP contribution in [0.1, 0.15) is 86.5 Å². The number of carbonyl (C=O) groups is 1. The van der Waals surface area contributed by atoms with Crippen LogP contribution in [0, 0.1) is 5.92 Å². The third kappa shape index (κ3) is 8.39. The predicted octanol–water partition coefficient (Wildman–Crippen LogP) is 6.88. The first-order valence-corrected chi connectivity index (χ1v) is 15.0. The van der Waals surface area contributed by atoms with Crippen LogP contribution in [0.25, 0.3) is 0 Å². The molecule has 0 saturated carbocycles. The molecule has 0 amide bonds. The van der Waals surface area contributed by atoms with Crippen molar-refractivity contribution < 1.29 is 14.0 Å². The Bertz CT molecular complexity index is 788. The highest BCUT2D eigenvalue weighted by atomic mass is 28.4. The van der Waals surface area contributed by atoms with E-state index in [1.807, 2.05) is 13.8 Å². The van der Waals surface area contributed by atoms with Crippen LogP contribution >= 0.6 is 0 Å². The van der Waals surface area contributed by atoms with Gasteiger partial charge < -0.3 is 9.16 Å². The summed E-state index contributed by atoms with van der Waals surface area (Å²) >= 11 is 0. The Morgan fingerprint density at radius 3 is 1.79 bits per heavy atom. The molecule has 0 spiro atoms. The Balaban J connectivity index is 1.85. The third-order valence-electron chi connectivity index (χ3n) is 6.46. The van der Waals surface area contributed by atoms with Crippen molar-refractivity contribution in [3.8, 4) is 0 Å². The summed E-state index contributed by atoms with van der Waals surface area (Å²) in [5.74, 6) is 0.327. The smallest absolute Gasteiger partial charge is 0.306 e. The second-order valence-electron chi connectivity index (χ2n) is 10.9. The van der Waals surface area contributed by atoms with Crippen molar-refractivity contribution in [3.05, 3.63) is 60.7 Å². The highest BCUT2D eigenvalue weighted by Crippen LogP contribution is 2.36. The molecule has 0 aromatic heterocycles. The van der Waals surface area contributed by atoms with Gasteiger partial charge in [-0.1, -0.05) is 120 Å². The van der Waals surface area contributed by atoms with Gasteiger partial charge in [0.15, 0.2) is 0 Å². The number of esters is 1. The van der Waals surface area contributed by atoms with Gasteiger partial charge in [-0.3, -0.25) is 4.79 Å². The largest absolute Gasteiger partial charge is 0.463 e. The van der Waals surface area contributed by atoms with E-state index in [1.165, 1.54) is 36.1 Å². The first-order chi connectivity index (χ1) is 16.2. The van der Waals surface area contributed by atoms with E-state index in [-0.39, 0.29) is 17.1 Å². The molecule has 1 atom stereocenters. The van der Waals surface area contributed by atoms with Gasteiger partial charge in [0, 0.05) is 13.0 Å². The van der Waals surface area contributed by atoms with Gasteiger partial charge in [-0.15, -0.1) is 0 Å². The Morgan fingerprint density at radius 1 is 0.794 bits per heavy atom. The van der Waals surface area contributed by atoms with Crippen LogP contribution in [0.2, 0.25) is 5.04 Å². The molecule has 0 aliphatic carbocycles. The van der Waals surface area contributed by atoms with Crippen molar-refractivity contribution in [2.24, 2.45) is 5.92 Å². The fourth-order valence-corrected chi connectivity index (χ4v) is 9.42. The predicted molar refractivity (Wildman–Crippen MR) is 146 cm³/mol. The van der Waals surface area contributed by atoms with Crippen molar-refractivity contribution >= 4 is 24.7 Å². The zero-order chi connectivity index (χ0) is 25.0. The Kier molecular flexibility index (Phi) is 11.5. The van der Waals surface area contributed by atoms with E-state index in [0.29, 0.717) is 12.3 Å². The molecule has 34 heavy (non-hydrogen) atoms. The minimum Gasteiger partial charge on any atom is -0.463 e. The Hall–Kier alpha value is -1.91. The lowest BCUT2D eigenvalue weighted by Gasteiger charge is -2.43. The van der Waals surface area contributed by atoms with Gasteiger partial charge in [0.25, 0.3) is 8.32 Å². The van der Waals surface area contributed by atoms with Gasteiger partial charge in [0.2, 0.25) is 0 Å². The molecule has 0 heterocycles. The van der Waals surface area contributed by atoms with Crippen LogP contribution in [0.3, 0.4) is 0 Å². The summed E-state index contributed by atoms with van der Waals surface area (Å²) in [6.07, 6.45) is 7.46. The average Bonchev–Trinajstić information content (AvgIpc) is 2.78. The fraction of sp³-hybridized carbons (Fsp3) is 0.567. The van der Waals surface area contributed by atoms with Gasteiger partial charge in [0.1, 0.15) is 0 Å². The highest BCUT2D eigenvalue weighted by molar-refractivity contribution is 6.99. The van der Waals surface area contributed by atoms with Gasteiger partial charge >= 0.3 is 5.97 Å². The maximum atomic E-state index is 11.8. The number of hydrogen-bond acceptors (Lipinski definition) is 3. The van der Waals surface area contributed by atoms with E-state index in [9.17, 15) is 4.79 Å². The SMILES string of the molecule is CC(CCCCCCCO[Si](c1ccccc1)(c1ccccc1)C(C)(C)C)CC(=O)OC(C)C. The van der Waals surface area contributed by atoms with Crippen LogP contribution < -0.4 is 10.4 Å². The van der Waals surface area contributed by atoms with E-state index in [2.05, 4.69) is 88.4 Å². The maximum absolute atomic E-state index is 11.8. The zero-order valence-corrected chi connectivity index (χ0v) is 23.3. The number of benzene rings is 2. The van der Waals surface area contributed by atoms with Crippen LogP contribution in [-0.2, 0) is 14.0 Å². The monoisotopic (exact) mass is 482 g/mol. The van der Waals surface area contributed by atoms with Gasteiger partial charge in [0.05, 0.1) is 6.10 Å². The maximum Gasteiger partial charge on any atom is 0.306 e. The normalized spacial score (nSPS) is 13.1. The van der Waals surface area contributed by atoms with Crippen LogP contribution in [0.5, 0.6) is 0 Å². The molecule has 0 aliphatic rings. The molecule has 0 N–H and O–H groups in total. The van der Waals surface area contributed by atoms with Crippen molar-refractivity contribution in [1.29, 1.82) is 0 Å². The third-order valence-corrected chi connectivity index (χ3v) is 11.5. The van der Waals surface area contributed by atoms with Crippen molar-refractivity contribution in [3.63, 3.8) is 0 Å². The molecule has 1 unspecified atom stereocenters. The first kappa shape index (κ1) is 28.3. The lowest BCUT2D eigenvalue weighted by Crippen LogP contribution is -2.66. The minimum atomic E-state index is -2.41. The molecular formula is C30H46O3Si. The number of carbonyl (C=O) groups excluding carboxylic acids is 1. The molecule has 3 nitrogen and oxygen atoms in total. The topological polar surface area (TPSA) is 35.5 Å². The zero-order valence-electron chi connectivity index (χ0n) is 22.3. The van der Waals surface area contributed by atoms with Gasteiger partial charge in [-0.05, 0) is 41.6 Å². The average molecular weight is 483 g/mol. The molecule has 2 aromatic rings. The first-order valence-electron chi connectivity index (χ1n) is 13.1. The van der Waals surface area contributed by atoms with Crippen LogP contribution in [0.4, 0.5) is 0 Å². The highest BCUT2D eigenvalue weighted by Gasteiger charge is 2.49. The van der Waals surface area contributed by atoms with E-state index in [1.54, 1.807) is 0 Å². The van der Waals surface area contributed by atoms with Crippen LogP contribution in [-0.4, -0.2) is 27.0 Å². The molecule has 188 valence electrons. The summed E-state index contributed by atoms with van der Waals surface area (Å²) in [5.41, 5.74) is 0. The van der Waals surface area contributed by atoms with Crippen molar-refractivity contribution in [1.82, 2.24) is 0 Å². The molecule has 0 bridgehead atoms. The molecule has 2 aromatic carbocycles. The van der Waals surface area contributed by atoms with Crippen LogP contribution in [0.15, 0.2) is 60.7 Å². The minimum absolute atomic E-state index is 0.0224. The molecule has 2 rings (SSSR count). The van der Waals surface area contributed by atoms with Gasteiger partial charge in [-0.25, -0.2) is 0 Å². The fourth-order valence-electron chi connectivity index (χ4n) is 4.81. The quantitative estimate of drug-likeness (QED) is 0.167. The number of unbranched alkanes of at least 4 members (excludes halogenated alkanes) is 4. The summed E-state index contributed by atoms with van der Waals surface area (Å²) in [6.45, 7) is 13.7. The Morgan fingerprint density at radius 2 is 1.29 bits per heavy atom. The second kappa shape index (κ2) is 13.8. The van der Waals surface area contributed by atoms with E-state index >= 15 is 0 Å². The number of ether oxygens (including phenoxy) is 1. The van der Waals surface area contributed by atoms with E-state index in [0.717, 1.165) is 19.4 Å². The van der Waals surface area contributed by atoms with E-state index < -0.39 is 8.32 Å². The van der Waals surface area contributed by atoms with Crippen molar-refractivity contribution in [2.45, 2.75) is 97.6 Å². The summed E-state index contributed by atoms with van der Waals surface area (Å²) in [5, 5.41) is 2.72. The summed E-state index contributed by atoms with van der Waals surface area (Å²) in [6, 6.07) is 21.7. The summed E-state index contributed by atoms with van der Waals surface area (Å²) in [4.78, 5) is 11.8. The molecule has 0 saturated heterocycles. The second-order valence-corrected chi connectivity index (χ2v) is 15.2. The molecule has 0 radical (unpaired) electrons. The molecule has 4 heteroatoms. The van der Waals surface area contributed by atoms with Gasteiger partial charge in [-0.2, -0.15) is 0 Å². The standard InChI is InChI=1S/C30H46O3Si/c1-25(2)33-29(31)24-26(3)18-12-8-7-9-17-23-32-34(30(4,5)6,27-19-13-10-14-20-27)28-21-15-11-16-22-28/h10-11,13-16,19-22,25-26H,7-9,12,17-18,23-24H2,1-6H3. The lowest BCUT2D eigenvalue weighted by molar-refractivity contribution is -0.148. The Labute approximate surface area is 209 Å². The lowest BCUT2D eigenvalue weighted by atomic mass is 9.99. The molecular weight excluding hydrogens is 436 g/mol. The van der Waals surface area contributed by atoms with Crippen molar-refractivity contribution in [2.75, 3.05) is 6.61 Å². The number of hydrogen-bond donors (Lipinski definition) is 0. The summed E-state index contributed by atoms with van der Waals surface area (Å²) < 4.78 is 12.2. The number of rotatable bonds is 14. The molecule has 0 aliphatic heterocycles. The molecule has 0 fully saturated rings.